The molecule has 0 atom stereocenters. The molecule has 0 N–H and O–H groups in total. The first-order chi connectivity index (χ1) is 9.67. The number of fused-ring (bicyclic) bond motifs is 1. The molecule has 0 aliphatic heterocycles. The molecule has 0 radical (unpaired) electrons. The van der Waals surface area contributed by atoms with Crippen molar-refractivity contribution in [1.82, 2.24) is 14.6 Å². The van der Waals surface area contributed by atoms with E-state index in [0.29, 0.717) is 22.1 Å². The number of aromatic nitrogens is 3. The summed E-state index contributed by atoms with van der Waals surface area (Å²) in [6, 6.07) is 10.6. The monoisotopic (exact) mass is 287 g/mol. The maximum atomic E-state index is 11.5. The Labute approximate surface area is 119 Å². The highest BCUT2D eigenvalue weighted by molar-refractivity contribution is 6.30. The number of carbonyl (C=O) groups is 1. The summed E-state index contributed by atoms with van der Waals surface area (Å²) < 4.78 is 6.28. The third-order valence-electron chi connectivity index (χ3n) is 2.84. The van der Waals surface area contributed by atoms with Gasteiger partial charge >= 0.3 is 5.97 Å². The van der Waals surface area contributed by atoms with Crippen molar-refractivity contribution in [3.05, 3.63) is 53.2 Å². The van der Waals surface area contributed by atoms with Gasteiger partial charge in [-0.05, 0) is 24.3 Å². The van der Waals surface area contributed by atoms with Crippen molar-refractivity contribution in [3.63, 3.8) is 0 Å². The number of halogens is 1. The minimum absolute atomic E-state index is 0.403. The Morgan fingerprint density at radius 1 is 1.30 bits per heavy atom. The van der Waals surface area contributed by atoms with Crippen LogP contribution in [0, 0.1) is 0 Å². The van der Waals surface area contributed by atoms with Crippen molar-refractivity contribution in [1.29, 1.82) is 0 Å². The number of benzene rings is 1. The van der Waals surface area contributed by atoms with Crippen molar-refractivity contribution in [2.45, 2.75) is 0 Å². The summed E-state index contributed by atoms with van der Waals surface area (Å²) in [5.74, 6) is 0.148. The zero-order valence-corrected chi connectivity index (χ0v) is 11.3. The number of nitrogens with zero attached hydrogens (tertiary/aromatic N) is 3. The van der Waals surface area contributed by atoms with Gasteiger partial charge in [-0.1, -0.05) is 23.7 Å². The molecule has 0 spiro atoms. The van der Waals surface area contributed by atoms with E-state index in [-0.39, 0.29) is 0 Å². The number of hydrogen-bond donors (Lipinski definition) is 0. The lowest BCUT2D eigenvalue weighted by Crippen LogP contribution is -2.02. The van der Waals surface area contributed by atoms with Gasteiger partial charge in [0.1, 0.15) is 0 Å². The molecule has 6 heteroatoms. The van der Waals surface area contributed by atoms with Gasteiger partial charge in [0.25, 0.3) is 0 Å². The van der Waals surface area contributed by atoms with Crippen LogP contribution in [0.15, 0.2) is 42.6 Å². The van der Waals surface area contributed by atoms with Crippen LogP contribution in [0.1, 0.15) is 10.4 Å². The summed E-state index contributed by atoms with van der Waals surface area (Å²) in [7, 11) is 1.34. The number of hydrogen-bond acceptors (Lipinski definition) is 4. The second kappa shape index (κ2) is 4.94. The second-order valence-corrected chi connectivity index (χ2v) is 4.59. The van der Waals surface area contributed by atoms with Crippen molar-refractivity contribution in [2.24, 2.45) is 0 Å². The average molecular weight is 288 g/mol. The van der Waals surface area contributed by atoms with Gasteiger partial charge in [-0.2, -0.15) is 0 Å². The Bertz CT molecular complexity index is 798. The fourth-order valence-corrected chi connectivity index (χ4v) is 2.07. The van der Waals surface area contributed by atoms with E-state index in [1.165, 1.54) is 7.11 Å². The quantitative estimate of drug-likeness (QED) is 0.680. The zero-order valence-electron chi connectivity index (χ0n) is 10.6. The van der Waals surface area contributed by atoms with Crippen molar-refractivity contribution in [2.75, 3.05) is 7.11 Å². The molecule has 0 saturated carbocycles. The highest BCUT2D eigenvalue weighted by atomic mass is 35.5. The Kier molecular flexibility index (Phi) is 3.12. The van der Waals surface area contributed by atoms with E-state index in [0.717, 1.165) is 5.56 Å². The van der Waals surface area contributed by atoms with Crippen molar-refractivity contribution >= 4 is 23.2 Å². The van der Waals surface area contributed by atoms with Gasteiger partial charge in [-0.15, -0.1) is 5.10 Å². The van der Waals surface area contributed by atoms with Gasteiger partial charge in [0.15, 0.2) is 11.5 Å². The van der Waals surface area contributed by atoms with E-state index in [1.54, 1.807) is 35.0 Å². The maximum Gasteiger partial charge on any atom is 0.338 e. The normalized spacial score (nSPS) is 10.7. The lowest BCUT2D eigenvalue weighted by molar-refractivity contribution is 0.0600. The molecule has 2 heterocycles. The lowest BCUT2D eigenvalue weighted by Gasteiger charge is -1.97. The van der Waals surface area contributed by atoms with Crippen LogP contribution < -0.4 is 0 Å². The topological polar surface area (TPSA) is 56.5 Å². The minimum atomic E-state index is -0.403. The van der Waals surface area contributed by atoms with Crippen LogP contribution in [-0.2, 0) is 4.74 Å². The molecule has 1 aromatic carbocycles. The molecule has 3 rings (SSSR count). The van der Waals surface area contributed by atoms with Crippen LogP contribution >= 0.6 is 11.6 Å². The smallest absolute Gasteiger partial charge is 0.338 e. The first-order valence-corrected chi connectivity index (χ1v) is 6.26. The summed E-state index contributed by atoms with van der Waals surface area (Å²) in [5.41, 5.74) is 1.83. The molecule has 5 nitrogen and oxygen atoms in total. The van der Waals surface area contributed by atoms with E-state index < -0.39 is 5.97 Å². The molecule has 0 unspecified atom stereocenters. The van der Waals surface area contributed by atoms with Crippen LogP contribution in [0.3, 0.4) is 0 Å². The predicted octanol–water partition coefficient (Wildman–Crippen LogP) is 2.84. The Hall–Kier alpha value is -2.40. The van der Waals surface area contributed by atoms with Gasteiger partial charge in [-0.25, -0.2) is 14.3 Å². The molecule has 0 aliphatic carbocycles. The summed E-state index contributed by atoms with van der Waals surface area (Å²) in [5, 5.41) is 4.97. The van der Waals surface area contributed by atoms with Crippen LogP contribution in [0.25, 0.3) is 17.0 Å². The highest BCUT2D eigenvalue weighted by Gasteiger charge is 2.10. The number of methoxy groups -OCH3 is 1. The van der Waals surface area contributed by atoms with Crippen LogP contribution in [0.5, 0.6) is 0 Å². The van der Waals surface area contributed by atoms with Gasteiger partial charge in [0, 0.05) is 16.8 Å². The third kappa shape index (κ3) is 2.23. The van der Waals surface area contributed by atoms with E-state index in [4.69, 9.17) is 11.6 Å². The summed E-state index contributed by atoms with van der Waals surface area (Å²) >= 11 is 5.96. The molecule has 20 heavy (non-hydrogen) atoms. The van der Waals surface area contributed by atoms with Gasteiger partial charge in [0.05, 0.1) is 12.7 Å². The highest BCUT2D eigenvalue weighted by Crippen LogP contribution is 2.20. The van der Waals surface area contributed by atoms with Crippen molar-refractivity contribution < 1.29 is 9.53 Å². The molecule has 0 saturated heterocycles. The molecule has 100 valence electrons. The number of esters is 1. The van der Waals surface area contributed by atoms with Crippen LogP contribution in [-0.4, -0.2) is 27.7 Å². The molecule has 0 amide bonds. The van der Waals surface area contributed by atoms with E-state index in [2.05, 4.69) is 14.8 Å². The minimum Gasteiger partial charge on any atom is -0.465 e. The van der Waals surface area contributed by atoms with E-state index >= 15 is 0 Å². The Morgan fingerprint density at radius 3 is 2.90 bits per heavy atom. The van der Waals surface area contributed by atoms with Crippen LogP contribution in [0.4, 0.5) is 0 Å². The van der Waals surface area contributed by atoms with Crippen LogP contribution in [0.2, 0.25) is 5.02 Å². The summed E-state index contributed by atoms with van der Waals surface area (Å²) in [4.78, 5) is 15.9. The average Bonchev–Trinajstić information content (AvgIpc) is 2.89. The van der Waals surface area contributed by atoms with Gasteiger partial charge < -0.3 is 4.74 Å². The predicted molar refractivity (Wildman–Crippen MR) is 74.8 cm³/mol. The first kappa shape index (κ1) is 12.6. The third-order valence-corrected chi connectivity index (χ3v) is 3.08. The largest absolute Gasteiger partial charge is 0.465 e. The Balaban J connectivity index is 2.09. The van der Waals surface area contributed by atoms with Gasteiger partial charge in [-0.3, -0.25) is 0 Å². The standard InChI is InChI=1S/C14H10ClN3O2/c1-20-14(19)10-5-6-18-12(8-10)16-13(17-18)9-3-2-4-11(15)7-9/h2-8H,1H3. The summed E-state index contributed by atoms with van der Waals surface area (Å²) in [6.07, 6.45) is 1.67. The Morgan fingerprint density at radius 2 is 2.15 bits per heavy atom. The fourth-order valence-electron chi connectivity index (χ4n) is 1.88. The molecule has 3 aromatic rings. The number of ether oxygens (including phenoxy) is 1. The fraction of sp³-hybridized carbons (Fsp3) is 0.0714. The van der Waals surface area contributed by atoms with Gasteiger partial charge in [0.2, 0.25) is 0 Å². The second-order valence-electron chi connectivity index (χ2n) is 4.16. The summed E-state index contributed by atoms with van der Waals surface area (Å²) in [6.45, 7) is 0. The van der Waals surface area contributed by atoms with E-state index in [1.807, 2.05) is 12.1 Å². The molecule has 0 fully saturated rings. The molecule has 0 aliphatic rings. The first-order valence-electron chi connectivity index (χ1n) is 5.88. The molecule has 0 bridgehead atoms. The molecular weight excluding hydrogens is 278 g/mol. The number of pyridine rings is 1. The maximum absolute atomic E-state index is 11.5. The SMILES string of the molecule is COC(=O)c1ccn2nc(-c3cccc(Cl)c3)nc2c1. The van der Waals surface area contributed by atoms with E-state index in [9.17, 15) is 4.79 Å². The molecule has 2 aromatic heterocycles. The zero-order chi connectivity index (χ0) is 14.1. The number of carbonyl (C=O) groups excluding carboxylic acids is 1. The van der Waals surface area contributed by atoms with Crippen molar-refractivity contribution in [3.8, 4) is 11.4 Å². The number of rotatable bonds is 2. The lowest BCUT2D eigenvalue weighted by atomic mass is 10.2. The molecular formula is C14H10ClN3O2.